The Labute approximate surface area is 110 Å². The van der Waals surface area contributed by atoms with E-state index in [1.807, 2.05) is 13.8 Å². The Hall–Kier alpha value is -2.50. The zero-order valence-corrected chi connectivity index (χ0v) is 10.8. The minimum absolute atomic E-state index is 0.120. The van der Waals surface area contributed by atoms with Crippen LogP contribution in [0.1, 0.15) is 35.8 Å². The first-order valence-corrected chi connectivity index (χ1v) is 5.93. The summed E-state index contributed by atoms with van der Waals surface area (Å²) in [6.07, 6.45) is 0. The smallest absolute Gasteiger partial charge is 0.260 e. The lowest BCUT2D eigenvalue weighted by atomic mass is 10.1. The molecule has 2 aromatic rings. The molecule has 0 aliphatic carbocycles. The van der Waals surface area contributed by atoms with E-state index >= 15 is 0 Å². The van der Waals surface area contributed by atoms with Crippen molar-refractivity contribution in [3.05, 3.63) is 35.5 Å². The molecule has 6 nitrogen and oxygen atoms in total. The van der Waals surface area contributed by atoms with Crippen LogP contribution in [0.15, 0.2) is 24.3 Å². The van der Waals surface area contributed by atoms with Crippen LogP contribution in [-0.2, 0) is 0 Å². The number of H-pyrrole nitrogens is 1. The van der Waals surface area contributed by atoms with Crippen molar-refractivity contribution in [1.82, 2.24) is 10.2 Å². The first-order valence-electron chi connectivity index (χ1n) is 5.93. The Morgan fingerprint density at radius 1 is 1.47 bits per heavy atom. The van der Waals surface area contributed by atoms with Crippen LogP contribution in [0.3, 0.4) is 0 Å². The van der Waals surface area contributed by atoms with Crippen LogP contribution in [0.2, 0.25) is 0 Å². The zero-order valence-electron chi connectivity index (χ0n) is 10.8. The molecule has 100 valence electrons. The number of carbonyl (C=O) groups is 1. The number of aromatic hydroxyl groups is 1. The molecule has 0 radical (unpaired) electrons. The fourth-order valence-corrected chi connectivity index (χ4v) is 1.62. The number of amides is 1. The average Bonchev–Trinajstić information content (AvgIpc) is 2.81. The molecule has 19 heavy (non-hydrogen) atoms. The molecule has 0 bridgehead atoms. The quantitative estimate of drug-likeness (QED) is 0.501. The average molecular weight is 260 g/mol. The molecule has 0 unspecified atom stereocenters. The maximum Gasteiger partial charge on any atom is 0.260 e. The Morgan fingerprint density at radius 3 is 2.84 bits per heavy atom. The van der Waals surface area contributed by atoms with Crippen molar-refractivity contribution in [2.75, 3.05) is 11.1 Å². The number of nitrogens with one attached hydrogen (secondary N) is 2. The highest BCUT2D eigenvalue weighted by atomic mass is 16.3. The van der Waals surface area contributed by atoms with E-state index in [0.717, 1.165) is 5.69 Å². The topological polar surface area (TPSA) is 104 Å². The predicted octanol–water partition coefficient (Wildman–Crippen LogP) is 2.07. The third-order valence-electron chi connectivity index (χ3n) is 2.77. The zero-order chi connectivity index (χ0) is 14.0. The highest BCUT2D eigenvalue weighted by Gasteiger charge is 2.14. The molecule has 1 aromatic heterocycles. The summed E-state index contributed by atoms with van der Waals surface area (Å²) in [5, 5.41) is 19.2. The van der Waals surface area contributed by atoms with Gasteiger partial charge in [-0.1, -0.05) is 19.9 Å². The molecule has 0 saturated carbocycles. The molecule has 1 heterocycles. The van der Waals surface area contributed by atoms with E-state index in [2.05, 4.69) is 15.5 Å². The van der Waals surface area contributed by atoms with E-state index in [-0.39, 0.29) is 17.0 Å². The number of para-hydroxylation sites is 1. The van der Waals surface area contributed by atoms with Gasteiger partial charge in [-0.15, -0.1) is 0 Å². The van der Waals surface area contributed by atoms with Crippen LogP contribution in [0, 0.1) is 0 Å². The van der Waals surface area contributed by atoms with Crippen molar-refractivity contribution in [1.29, 1.82) is 0 Å². The standard InChI is InChI=1S/C13H16N4O2/c1-7(2)10-6-11(17-16-10)15-13(19)8-4-3-5-9(14)12(8)18/h3-7,18H,14H2,1-2H3,(H2,15,16,17,19). The Bertz CT molecular complexity index is 604. The Morgan fingerprint density at radius 2 is 2.21 bits per heavy atom. The minimum atomic E-state index is -0.452. The van der Waals surface area contributed by atoms with Crippen molar-refractivity contribution in [3.8, 4) is 5.75 Å². The van der Waals surface area contributed by atoms with E-state index in [0.29, 0.717) is 11.7 Å². The summed E-state index contributed by atoms with van der Waals surface area (Å²) in [5.41, 5.74) is 6.75. The number of rotatable bonds is 3. The molecular weight excluding hydrogens is 244 g/mol. The molecule has 0 saturated heterocycles. The first kappa shape index (κ1) is 12.9. The number of phenolic OH excluding ortho intramolecular Hbond substituents is 1. The number of phenols is 1. The molecule has 0 spiro atoms. The highest BCUT2D eigenvalue weighted by molar-refractivity contribution is 6.06. The van der Waals surface area contributed by atoms with E-state index in [4.69, 9.17) is 5.73 Å². The molecule has 6 heteroatoms. The summed E-state index contributed by atoms with van der Waals surface area (Å²) in [5.74, 6) is 0.0284. The predicted molar refractivity (Wildman–Crippen MR) is 73.1 cm³/mol. The van der Waals surface area contributed by atoms with Crippen molar-refractivity contribution in [2.24, 2.45) is 0 Å². The van der Waals surface area contributed by atoms with Gasteiger partial charge in [0.15, 0.2) is 11.6 Å². The van der Waals surface area contributed by atoms with E-state index in [9.17, 15) is 9.90 Å². The fraction of sp³-hybridized carbons (Fsp3) is 0.231. The third-order valence-corrected chi connectivity index (χ3v) is 2.77. The van der Waals surface area contributed by atoms with Gasteiger partial charge in [-0.3, -0.25) is 9.89 Å². The van der Waals surface area contributed by atoms with E-state index in [1.54, 1.807) is 12.1 Å². The van der Waals surface area contributed by atoms with Crippen LogP contribution < -0.4 is 11.1 Å². The second-order valence-electron chi connectivity index (χ2n) is 4.56. The molecule has 5 N–H and O–H groups in total. The summed E-state index contributed by atoms with van der Waals surface area (Å²) in [7, 11) is 0. The molecule has 2 rings (SSSR count). The summed E-state index contributed by atoms with van der Waals surface area (Å²) < 4.78 is 0. The monoisotopic (exact) mass is 260 g/mol. The number of hydrogen-bond acceptors (Lipinski definition) is 4. The van der Waals surface area contributed by atoms with Crippen molar-refractivity contribution in [3.63, 3.8) is 0 Å². The second kappa shape index (κ2) is 5.01. The van der Waals surface area contributed by atoms with Gasteiger partial charge in [-0.2, -0.15) is 5.10 Å². The van der Waals surface area contributed by atoms with Crippen LogP contribution in [0.25, 0.3) is 0 Å². The molecule has 1 aromatic carbocycles. The number of benzene rings is 1. The summed E-state index contributed by atoms with van der Waals surface area (Å²) in [4.78, 5) is 12.0. The van der Waals surface area contributed by atoms with Gasteiger partial charge in [0.2, 0.25) is 0 Å². The largest absolute Gasteiger partial charge is 0.505 e. The van der Waals surface area contributed by atoms with Gasteiger partial charge in [0.05, 0.1) is 11.3 Å². The number of nitrogen functional groups attached to an aromatic ring is 1. The maximum absolute atomic E-state index is 12.0. The highest BCUT2D eigenvalue weighted by Crippen LogP contribution is 2.25. The Kier molecular flexibility index (Phi) is 3.41. The lowest BCUT2D eigenvalue weighted by molar-refractivity contribution is 0.102. The normalized spacial score (nSPS) is 10.7. The molecule has 0 fully saturated rings. The van der Waals surface area contributed by atoms with Crippen LogP contribution in [0.5, 0.6) is 5.75 Å². The van der Waals surface area contributed by atoms with Crippen molar-refractivity contribution >= 4 is 17.4 Å². The van der Waals surface area contributed by atoms with Gasteiger partial charge in [-0.25, -0.2) is 0 Å². The summed E-state index contributed by atoms with van der Waals surface area (Å²) >= 11 is 0. The van der Waals surface area contributed by atoms with Crippen molar-refractivity contribution < 1.29 is 9.90 Å². The van der Waals surface area contributed by atoms with Crippen LogP contribution in [0.4, 0.5) is 11.5 Å². The van der Waals surface area contributed by atoms with Gasteiger partial charge in [-0.05, 0) is 18.1 Å². The first-order chi connectivity index (χ1) is 8.99. The molecule has 0 atom stereocenters. The number of carbonyl (C=O) groups excluding carboxylic acids is 1. The fourth-order valence-electron chi connectivity index (χ4n) is 1.62. The molecule has 1 amide bonds. The lowest BCUT2D eigenvalue weighted by Crippen LogP contribution is -2.12. The van der Waals surface area contributed by atoms with Gasteiger partial charge in [0.25, 0.3) is 5.91 Å². The number of aromatic amines is 1. The van der Waals surface area contributed by atoms with Gasteiger partial charge < -0.3 is 16.2 Å². The SMILES string of the molecule is CC(C)c1cc(NC(=O)c2cccc(N)c2O)n[nH]1. The number of hydrogen-bond donors (Lipinski definition) is 4. The summed E-state index contributed by atoms with van der Waals surface area (Å²) in [6, 6.07) is 6.38. The molecular formula is C13H16N4O2. The van der Waals surface area contributed by atoms with Crippen LogP contribution in [-0.4, -0.2) is 21.2 Å². The third kappa shape index (κ3) is 2.67. The van der Waals surface area contributed by atoms with E-state index < -0.39 is 5.91 Å². The lowest BCUT2D eigenvalue weighted by Gasteiger charge is -2.06. The van der Waals surface area contributed by atoms with Crippen molar-refractivity contribution in [2.45, 2.75) is 19.8 Å². The maximum atomic E-state index is 12.0. The minimum Gasteiger partial charge on any atom is -0.505 e. The van der Waals surface area contributed by atoms with Gasteiger partial charge in [0, 0.05) is 11.8 Å². The number of nitrogens with zero attached hydrogens (tertiary/aromatic N) is 1. The molecule has 0 aliphatic rings. The van der Waals surface area contributed by atoms with Crippen LogP contribution >= 0.6 is 0 Å². The molecule has 0 aliphatic heterocycles. The number of anilines is 2. The Balaban J connectivity index is 2.18. The van der Waals surface area contributed by atoms with Gasteiger partial charge >= 0.3 is 0 Å². The summed E-state index contributed by atoms with van der Waals surface area (Å²) in [6.45, 7) is 4.03. The van der Waals surface area contributed by atoms with E-state index in [1.165, 1.54) is 12.1 Å². The second-order valence-corrected chi connectivity index (χ2v) is 4.56. The van der Waals surface area contributed by atoms with Gasteiger partial charge in [0.1, 0.15) is 0 Å². The number of nitrogens with two attached hydrogens (primary N) is 1. The number of aromatic nitrogens is 2.